The van der Waals surface area contributed by atoms with Crippen LogP contribution in [0.4, 0.5) is 22.0 Å². The largest absolute Gasteiger partial charge is 0.489 e. The van der Waals surface area contributed by atoms with Crippen molar-refractivity contribution in [2.45, 2.75) is 57.2 Å². The van der Waals surface area contributed by atoms with E-state index in [-0.39, 0.29) is 38.6 Å². The Morgan fingerprint density at radius 3 is 1.46 bits per heavy atom. The third kappa shape index (κ3) is 13.3. The Hall–Kier alpha value is -7.14. The lowest BCUT2D eigenvalue weighted by Gasteiger charge is -2.30. The average molecular weight is 953 g/mol. The van der Waals surface area contributed by atoms with Gasteiger partial charge < -0.3 is 39.8 Å². The third-order valence-electron chi connectivity index (χ3n) is 11.4. The van der Waals surface area contributed by atoms with E-state index >= 15 is 0 Å². The van der Waals surface area contributed by atoms with Gasteiger partial charge in [-0.1, -0.05) is 103 Å². The van der Waals surface area contributed by atoms with Crippen molar-refractivity contribution in [1.29, 1.82) is 0 Å². The van der Waals surface area contributed by atoms with Crippen LogP contribution in [0.15, 0.2) is 127 Å². The van der Waals surface area contributed by atoms with Gasteiger partial charge in [-0.2, -0.15) is 8.78 Å². The molecule has 0 aliphatic rings. The fourth-order valence-corrected chi connectivity index (χ4v) is 7.45. The topological polar surface area (TPSA) is 127 Å². The van der Waals surface area contributed by atoms with Crippen LogP contribution in [0.1, 0.15) is 34.2 Å². The molecule has 69 heavy (non-hydrogen) atoms. The maximum atomic E-state index is 14.6. The van der Waals surface area contributed by atoms with Gasteiger partial charge in [-0.15, -0.1) is 0 Å². The molecule has 0 spiro atoms. The number of hydrogen-bond donors (Lipinski definition) is 3. The second kappa shape index (κ2) is 24.8. The third-order valence-corrected chi connectivity index (χ3v) is 11.4. The minimum absolute atomic E-state index is 0.0327. The summed E-state index contributed by atoms with van der Waals surface area (Å²) in [5.74, 6) is -14.8. The van der Waals surface area contributed by atoms with Gasteiger partial charge in [0.1, 0.15) is 43.4 Å². The molecule has 1 amide bonds. The standard InChI is InChI=1S/C53H53F5N4O7/c1-59-25-24-40(60-2)51(63)62(4)42(53(65)68-32-35-18-12-7-13-19-35)29-39-27-37(21-23-44(39)67-31-34-16-10-6-11-17-34)36-20-22-43(66-30-33-14-8-5-9-15-33)38(26-36)28-41(61-3)52(64)69-50-48(57)46(55)45(54)47(56)49(50)58/h5-23,26-27,40-42,59-61H,24-25,28-32H2,1-4H3/t40-,41-,42-/m0/s1. The average Bonchev–Trinajstić information content (AvgIpc) is 3.38. The Labute approximate surface area is 397 Å². The number of halogens is 5. The lowest BCUT2D eigenvalue weighted by atomic mass is 9.95. The van der Waals surface area contributed by atoms with Crippen LogP contribution in [-0.4, -0.2) is 75.6 Å². The zero-order valence-corrected chi connectivity index (χ0v) is 38.5. The zero-order chi connectivity index (χ0) is 49.5. The molecule has 362 valence electrons. The predicted molar refractivity (Wildman–Crippen MR) is 250 cm³/mol. The Kier molecular flexibility index (Phi) is 18.4. The van der Waals surface area contributed by atoms with Crippen molar-refractivity contribution >= 4 is 17.8 Å². The molecule has 6 aromatic rings. The molecular formula is C53H53F5N4O7. The first kappa shape index (κ1) is 51.3. The zero-order valence-electron chi connectivity index (χ0n) is 38.5. The molecule has 16 heteroatoms. The van der Waals surface area contributed by atoms with Gasteiger partial charge >= 0.3 is 11.9 Å². The minimum Gasteiger partial charge on any atom is -0.489 e. The van der Waals surface area contributed by atoms with E-state index < -0.39 is 64.9 Å². The number of rotatable bonds is 23. The summed E-state index contributed by atoms with van der Waals surface area (Å²) < 4.78 is 94.6. The number of ether oxygens (including phenoxy) is 4. The SMILES string of the molecule is CNCC[C@H](NC)C(=O)N(C)[C@@H](Cc1cc(-c2ccc(OCc3ccccc3)c(C[C@H](NC)C(=O)Oc3c(F)c(F)c(F)c(F)c3F)c2)ccc1OCc1ccccc1)C(=O)OCc1ccccc1. The van der Waals surface area contributed by atoms with Crippen molar-refractivity contribution in [2.75, 3.05) is 34.7 Å². The van der Waals surface area contributed by atoms with Crippen LogP contribution in [0.3, 0.4) is 0 Å². The Bertz CT molecular complexity index is 2650. The van der Waals surface area contributed by atoms with Crippen LogP contribution in [0.2, 0.25) is 0 Å². The highest BCUT2D eigenvalue weighted by Gasteiger charge is 2.34. The molecule has 0 bridgehead atoms. The molecule has 0 saturated carbocycles. The number of carbonyl (C=O) groups excluding carboxylic acids is 3. The maximum Gasteiger partial charge on any atom is 0.329 e. The van der Waals surface area contributed by atoms with Gasteiger partial charge in [0.15, 0.2) is 0 Å². The second-order valence-electron chi connectivity index (χ2n) is 16.1. The number of amides is 1. The van der Waals surface area contributed by atoms with Crippen LogP contribution in [0.25, 0.3) is 11.1 Å². The molecule has 6 rings (SSSR count). The van der Waals surface area contributed by atoms with Crippen LogP contribution in [0.5, 0.6) is 17.2 Å². The second-order valence-corrected chi connectivity index (χ2v) is 16.1. The molecule has 0 aliphatic heterocycles. The van der Waals surface area contributed by atoms with Gasteiger partial charge in [-0.05, 0) is 97.3 Å². The number of esters is 2. The summed E-state index contributed by atoms with van der Waals surface area (Å²) in [5, 5.41) is 8.83. The smallest absolute Gasteiger partial charge is 0.329 e. The summed E-state index contributed by atoms with van der Waals surface area (Å²) in [6.45, 7) is 0.796. The van der Waals surface area contributed by atoms with E-state index in [1.54, 1.807) is 51.5 Å². The molecule has 6 aromatic carbocycles. The number of carbonyl (C=O) groups is 3. The molecule has 3 N–H and O–H groups in total. The number of nitrogens with one attached hydrogen (secondary N) is 3. The van der Waals surface area contributed by atoms with E-state index in [1.807, 2.05) is 97.1 Å². The molecule has 11 nitrogen and oxygen atoms in total. The monoisotopic (exact) mass is 952 g/mol. The molecular weight excluding hydrogens is 900 g/mol. The van der Waals surface area contributed by atoms with Crippen molar-refractivity contribution in [1.82, 2.24) is 20.9 Å². The highest BCUT2D eigenvalue weighted by atomic mass is 19.2. The van der Waals surface area contributed by atoms with Crippen LogP contribution < -0.4 is 30.2 Å². The fraction of sp³-hybridized carbons (Fsp3) is 0.264. The van der Waals surface area contributed by atoms with E-state index in [4.69, 9.17) is 18.9 Å². The first-order chi connectivity index (χ1) is 33.3. The summed E-state index contributed by atoms with van der Waals surface area (Å²) in [6, 6.07) is 35.3. The molecule has 3 atom stereocenters. The first-order valence-corrected chi connectivity index (χ1v) is 22.1. The van der Waals surface area contributed by atoms with Gasteiger partial charge in [0.05, 0.1) is 6.04 Å². The Morgan fingerprint density at radius 2 is 1.00 bits per heavy atom. The maximum absolute atomic E-state index is 14.6. The molecule has 0 saturated heterocycles. The first-order valence-electron chi connectivity index (χ1n) is 22.1. The number of benzene rings is 6. The van der Waals surface area contributed by atoms with Crippen molar-refractivity contribution in [3.05, 3.63) is 184 Å². The van der Waals surface area contributed by atoms with Gasteiger partial charge in [-0.3, -0.25) is 4.79 Å². The van der Waals surface area contributed by atoms with Crippen LogP contribution in [-0.2, 0) is 51.8 Å². The van der Waals surface area contributed by atoms with Crippen molar-refractivity contribution in [2.24, 2.45) is 0 Å². The van der Waals surface area contributed by atoms with Gasteiger partial charge in [0.2, 0.25) is 40.7 Å². The summed E-state index contributed by atoms with van der Waals surface area (Å²) in [6.07, 6.45) is 0.169. The van der Waals surface area contributed by atoms with Crippen LogP contribution in [0, 0.1) is 29.1 Å². The minimum atomic E-state index is -2.40. The molecule has 0 radical (unpaired) electrons. The molecule has 0 heterocycles. The van der Waals surface area contributed by atoms with Crippen molar-refractivity contribution < 1.29 is 55.3 Å². The van der Waals surface area contributed by atoms with Crippen LogP contribution >= 0.6 is 0 Å². The Balaban J connectivity index is 1.39. The lowest BCUT2D eigenvalue weighted by molar-refractivity contribution is -0.155. The van der Waals surface area contributed by atoms with E-state index in [2.05, 4.69) is 16.0 Å². The van der Waals surface area contributed by atoms with E-state index in [9.17, 15) is 36.3 Å². The molecule has 0 aromatic heterocycles. The van der Waals surface area contributed by atoms with E-state index in [0.29, 0.717) is 46.7 Å². The summed E-state index contributed by atoms with van der Waals surface area (Å²) >= 11 is 0. The summed E-state index contributed by atoms with van der Waals surface area (Å²) in [5.41, 5.74) is 4.61. The molecule has 0 unspecified atom stereocenters. The lowest BCUT2D eigenvalue weighted by Crippen LogP contribution is -2.52. The van der Waals surface area contributed by atoms with E-state index in [0.717, 1.165) is 16.7 Å². The predicted octanol–water partition coefficient (Wildman–Crippen LogP) is 8.25. The highest BCUT2D eigenvalue weighted by Crippen LogP contribution is 2.34. The van der Waals surface area contributed by atoms with Crippen molar-refractivity contribution in [3.8, 4) is 28.4 Å². The fourth-order valence-electron chi connectivity index (χ4n) is 7.45. The molecule has 0 fully saturated rings. The number of likely N-dealkylation sites (N-methyl/N-ethyl adjacent to an activating group) is 3. The normalized spacial score (nSPS) is 12.4. The number of hydrogen-bond acceptors (Lipinski definition) is 10. The summed E-state index contributed by atoms with van der Waals surface area (Å²) in [4.78, 5) is 43.2. The quantitative estimate of drug-likeness (QED) is 0.0190. The van der Waals surface area contributed by atoms with Gasteiger partial charge in [-0.25, -0.2) is 22.8 Å². The van der Waals surface area contributed by atoms with Gasteiger partial charge in [0.25, 0.3) is 0 Å². The van der Waals surface area contributed by atoms with Gasteiger partial charge in [0, 0.05) is 19.9 Å². The highest BCUT2D eigenvalue weighted by molar-refractivity contribution is 5.88. The Morgan fingerprint density at radius 1 is 0.551 bits per heavy atom. The van der Waals surface area contributed by atoms with E-state index in [1.165, 1.54) is 11.9 Å². The summed E-state index contributed by atoms with van der Waals surface area (Å²) in [7, 11) is 6.38. The number of nitrogens with zero attached hydrogens (tertiary/aromatic N) is 1. The van der Waals surface area contributed by atoms with Crippen molar-refractivity contribution in [3.63, 3.8) is 0 Å². The molecule has 0 aliphatic carbocycles.